The van der Waals surface area contributed by atoms with Gasteiger partial charge in [-0.25, -0.2) is 4.79 Å². The van der Waals surface area contributed by atoms with Crippen LogP contribution in [0.5, 0.6) is 0 Å². The van der Waals surface area contributed by atoms with E-state index < -0.39 is 6.10 Å². The zero-order valence-electron chi connectivity index (χ0n) is 9.12. The molecule has 15 heavy (non-hydrogen) atoms. The molecule has 0 saturated carbocycles. The van der Waals surface area contributed by atoms with Crippen molar-refractivity contribution in [2.75, 3.05) is 7.11 Å². The summed E-state index contributed by atoms with van der Waals surface area (Å²) in [6.45, 7) is 1.68. The van der Waals surface area contributed by atoms with Crippen molar-refractivity contribution in [1.29, 1.82) is 0 Å². The van der Waals surface area contributed by atoms with Crippen molar-refractivity contribution in [3.63, 3.8) is 0 Å². The number of carbonyl (C=O) groups excluding carboxylic acids is 2. The molecule has 0 amide bonds. The van der Waals surface area contributed by atoms with Gasteiger partial charge >= 0.3 is 11.9 Å². The van der Waals surface area contributed by atoms with Crippen LogP contribution in [-0.2, 0) is 19.1 Å². The van der Waals surface area contributed by atoms with Crippen molar-refractivity contribution >= 4 is 11.9 Å². The maximum Gasteiger partial charge on any atom is 0.333 e. The van der Waals surface area contributed by atoms with Gasteiger partial charge in [0.05, 0.1) is 13.5 Å². The molecule has 84 valence electrons. The summed E-state index contributed by atoms with van der Waals surface area (Å²) in [7, 11) is 1.32. The molecule has 1 aliphatic rings. The monoisotopic (exact) mass is 212 g/mol. The van der Waals surface area contributed by atoms with Gasteiger partial charge < -0.3 is 9.47 Å². The summed E-state index contributed by atoms with van der Waals surface area (Å²) in [5.74, 6) is -0.667. The van der Waals surface area contributed by atoms with Crippen molar-refractivity contribution in [2.45, 2.75) is 38.7 Å². The van der Waals surface area contributed by atoms with Crippen LogP contribution in [0, 0.1) is 0 Å². The minimum atomic E-state index is -0.425. The molecule has 0 fully saturated rings. The van der Waals surface area contributed by atoms with Gasteiger partial charge in [-0.15, -0.1) is 0 Å². The minimum Gasteiger partial charge on any atom is -0.469 e. The van der Waals surface area contributed by atoms with Gasteiger partial charge in [0.15, 0.2) is 0 Å². The normalized spacial score (nSPS) is 16.8. The summed E-state index contributed by atoms with van der Waals surface area (Å²) in [6.07, 6.45) is 4.31. The van der Waals surface area contributed by atoms with Gasteiger partial charge in [0.25, 0.3) is 0 Å². The number of allylic oxidation sites excluding steroid dienone is 1. The van der Waals surface area contributed by atoms with Gasteiger partial charge in [-0.05, 0) is 26.2 Å². The van der Waals surface area contributed by atoms with Crippen molar-refractivity contribution in [3.8, 4) is 0 Å². The molecule has 0 spiro atoms. The minimum absolute atomic E-state index is 0.107. The summed E-state index contributed by atoms with van der Waals surface area (Å²) in [5.41, 5.74) is 0.728. The second-order valence-corrected chi connectivity index (χ2v) is 3.62. The lowest BCUT2D eigenvalue weighted by Crippen LogP contribution is -2.20. The molecular formula is C11H16O4. The molecule has 0 N–H and O–H groups in total. The Kier molecular flexibility index (Phi) is 4.34. The van der Waals surface area contributed by atoms with Crippen LogP contribution < -0.4 is 0 Å². The van der Waals surface area contributed by atoms with Gasteiger partial charge in [0, 0.05) is 5.57 Å². The summed E-state index contributed by atoms with van der Waals surface area (Å²) in [6, 6.07) is 0. The number of carbonyl (C=O) groups is 2. The molecule has 0 aliphatic heterocycles. The summed E-state index contributed by atoms with van der Waals surface area (Å²) in [5, 5.41) is 0. The van der Waals surface area contributed by atoms with Crippen LogP contribution in [-0.4, -0.2) is 25.2 Å². The standard InChI is InChI=1S/C11H16O4/c1-8(7-10(12)14-2)15-11(13)9-5-3-4-6-9/h5,8H,3-4,6-7H2,1-2H3/t8-/m1/s1. The number of rotatable bonds is 4. The summed E-state index contributed by atoms with van der Waals surface area (Å²) in [4.78, 5) is 22.4. The van der Waals surface area contributed by atoms with Gasteiger partial charge in [-0.3, -0.25) is 4.79 Å². The highest BCUT2D eigenvalue weighted by molar-refractivity contribution is 5.89. The number of methoxy groups -OCH3 is 1. The van der Waals surface area contributed by atoms with E-state index in [1.165, 1.54) is 7.11 Å². The van der Waals surface area contributed by atoms with E-state index in [2.05, 4.69) is 4.74 Å². The Bertz CT molecular complexity index is 280. The van der Waals surface area contributed by atoms with Gasteiger partial charge in [-0.2, -0.15) is 0 Å². The number of hydrogen-bond acceptors (Lipinski definition) is 4. The van der Waals surface area contributed by atoms with Crippen LogP contribution >= 0.6 is 0 Å². The van der Waals surface area contributed by atoms with Crippen LogP contribution in [0.3, 0.4) is 0 Å². The number of esters is 2. The van der Waals surface area contributed by atoms with E-state index in [1.54, 1.807) is 6.92 Å². The molecule has 0 saturated heterocycles. The van der Waals surface area contributed by atoms with Crippen LogP contribution in [0.4, 0.5) is 0 Å². The predicted molar refractivity (Wildman–Crippen MR) is 54.1 cm³/mol. The number of hydrogen-bond donors (Lipinski definition) is 0. The third kappa shape index (κ3) is 3.73. The highest BCUT2D eigenvalue weighted by Crippen LogP contribution is 2.19. The van der Waals surface area contributed by atoms with E-state index in [1.807, 2.05) is 6.08 Å². The zero-order chi connectivity index (χ0) is 11.3. The lowest BCUT2D eigenvalue weighted by molar-refractivity contribution is -0.150. The molecule has 1 rings (SSSR count). The van der Waals surface area contributed by atoms with E-state index in [-0.39, 0.29) is 18.4 Å². The van der Waals surface area contributed by atoms with E-state index in [0.717, 1.165) is 24.8 Å². The van der Waals surface area contributed by atoms with Crippen molar-refractivity contribution < 1.29 is 19.1 Å². The molecule has 4 nitrogen and oxygen atoms in total. The van der Waals surface area contributed by atoms with E-state index in [4.69, 9.17) is 4.74 Å². The van der Waals surface area contributed by atoms with Crippen LogP contribution in [0.15, 0.2) is 11.6 Å². The van der Waals surface area contributed by atoms with Crippen molar-refractivity contribution in [3.05, 3.63) is 11.6 Å². The fourth-order valence-corrected chi connectivity index (χ4v) is 1.47. The zero-order valence-corrected chi connectivity index (χ0v) is 9.12. The smallest absolute Gasteiger partial charge is 0.333 e. The van der Waals surface area contributed by atoms with Gasteiger partial charge in [0.1, 0.15) is 6.10 Å². The molecular weight excluding hydrogens is 196 g/mol. The molecule has 0 aromatic rings. The topological polar surface area (TPSA) is 52.6 Å². The molecule has 0 heterocycles. The Morgan fingerprint density at radius 3 is 2.80 bits per heavy atom. The summed E-state index contributed by atoms with van der Waals surface area (Å²) >= 11 is 0. The molecule has 0 aromatic heterocycles. The van der Waals surface area contributed by atoms with Crippen LogP contribution in [0.25, 0.3) is 0 Å². The summed E-state index contributed by atoms with van der Waals surface area (Å²) < 4.78 is 9.58. The highest BCUT2D eigenvalue weighted by Gasteiger charge is 2.19. The second-order valence-electron chi connectivity index (χ2n) is 3.62. The quantitative estimate of drug-likeness (QED) is 0.664. The maximum absolute atomic E-state index is 11.5. The average Bonchev–Trinajstić information content (AvgIpc) is 2.70. The van der Waals surface area contributed by atoms with Crippen LogP contribution in [0.2, 0.25) is 0 Å². The molecule has 1 aliphatic carbocycles. The fourth-order valence-electron chi connectivity index (χ4n) is 1.47. The molecule has 0 aromatic carbocycles. The third-order valence-corrected chi connectivity index (χ3v) is 2.29. The third-order valence-electron chi connectivity index (χ3n) is 2.29. The lowest BCUT2D eigenvalue weighted by atomic mass is 10.2. The predicted octanol–water partition coefficient (Wildman–Crippen LogP) is 1.59. The van der Waals surface area contributed by atoms with E-state index in [0.29, 0.717) is 0 Å². The Morgan fingerprint density at radius 1 is 1.53 bits per heavy atom. The first-order valence-electron chi connectivity index (χ1n) is 5.10. The number of ether oxygens (including phenoxy) is 2. The molecule has 0 bridgehead atoms. The largest absolute Gasteiger partial charge is 0.469 e. The fraction of sp³-hybridized carbons (Fsp3) is 0.636. The molecule has 0 radical (unpaired) electrons. The Hall–Kier alpha value is -1.32. The average molecular weight is 212 g/mol. The van der Waals surface area contributed by atoms with Gasteiger partial charge in [-0.1, -0.05) is 6.08 Å². The van der Waals surface area contributed by atoms with Crippen molar-refractivity contribution in [1.82, 2.24) is 0 Å². The first kappa shape index (κ1) is 11.8. The maximum atomic E-state index is 11.5. The Labute approximate surface area is 89.2 Å². The second kappa shape index (κ2) is 5.53. The first-order valence-corrected chi connectivity index (χ1v) is 5.10. The highest BCUT2D eigenvalue weighted by atomic mass is 16.6. The van der Waals surface area contributed by atoms with Gasteiger partial charge in [0.2, 0.25) is 0 Å². The SMILES string of the molecule is COC(=O)C[C@@H](C)OC(=O)C1=CCCC1. The Morgan fingerprint density at radius 2 is 2.27 bits per heavy atom. The van der Waals surface area contributed by atoms with Crippen molar-refractivity contribution in [2.24, 2.45) is 0 Å². The van der Waals surface area contributed by atoms with E-state index >= 15 is 0 Å². The Balaban J connectivity index is 2.34. The molecule has 1 atom stereocenters. The molecule has 4 heteroatoms. The lowest BCUT2D eigenvalue weighted by Gasteiger charge is -2.12. The van der Waals surface area contributed by atoms with Crippen LogP contribution in [0.1, 0.15) is 32.6 Å². The van der Waals surface area contributed by atoms with E-state index in [9.17, 15) is 9.59 Å². The first-order chi connectivity index (χ1) is 7.13. The molecule has 0 unspecified atom stereocenters.